The Kier molecular flexibility index (Phi) is 4.84. The van der Waals surface area contributed by atoms with E-state index in [9.17, 15) is 4.79 Å². The van der Waals surface area contributed by atoms with Gasteiger partial charge in [0.25, 0.3) is 0 Å². The van der Waals surface area contributed by atoms with Crippen molar-refractivity contribution in [2.24, 2.45) is 0 Å². The van der Waals surface area contributed by atoms with Crippen LogP contribution in [-0.4, -0.2) is 22.8 Å². The second kappa shape index (κ2) is 6.61. The Morgan fingerprint density at radius 3 is 2.56 bits per heavy atom. The van der Waals surface area contributed by atoms with Gasteiger partial charge < -0.3 is 0 Å². The molecule has 4 heteroatoms. The van der Waals surface area contributed by atoms with Crippen LogP contribution in [0.2, 0.25) is 0 Å². The first-order valence-electron chi connectivity index (χ1n) is 5.50. The first-order chi connectivity index (χ1) is 8.79. The van der Waals surface area contributed by atoms with Gasteiger partial charge in [-0.25, -0.2) is 4.98 Å². The number of hydrogen-bond donors (Lipinski definition) is 0. The van der Waals surface area contributed by atoms with Gasteiger partial charge in [0.05, 0.1) is 10.8 Å². The van der Waals surface area contributed by atoms with Crippen molar-refractivity contribution in [3.63, 3.8) is 0 Å². The number of thioether (sulfide) groups is 2. The SMILES string of the molecule is CSc1ccc(C(=O)CSc2ccccn2)cc1. The van der Waals surface area contributed by atoms with Crippen molar-refractivity contribution in [2.45, 2.75) is 9.92 Å². The zero-order valence-electron chi connectivity index (χ0n) is 10.00. The van der Waals surface area contributed by atoms with Gasteiger partial charge >= 0.3 is 0 Å². The van der Waals surface area contributed by atoms with E-state index in [0.29, 0.717) is 5.75 Å². The summed E-state index contributed by atoms with van der Waals surface area (Å²) in [4.78, 5) is 17.3. The normalized spacial score (nSPS) is 10.3. The number of rotatable bonds is 5. The Morgan fingerprint density at radius 1 is 1.17 bits per heavy atom. The molecule has 92 valence electrons. The molecule has 1 heterocycles. The van der Waals surface area contributed by atoms with E-state index in [4.69, 9.17) is 0 Å². The van der Waals surface area contributed by atoms with E-state index in [1.807, 2.05) is 48.7 Å². The van der Waals surface area contributed by atoms with E-state index in [1.54, 1.807) is 18.0 Å². The lowest BCUT2D eigenvalue weighted by atomic mass is 10.1. The van der Waals surface area contributed by atoms with Crippen molar-refractivity contribution in [1.29, 1.82) is 0 Å². The molecule has 0 N–H and O–H groups in total. The maximum Gasteiger partial charge on any atom is 0.173 e. The highest BCUT2D eigenvalue weighted by Gasteiger charge is 2.06. The minimum atomic E-state index is 0.137. The van der Waals surface area contributed by atoms with Crippen LogP contribution in [0.3, 0.4) is 0 Å². The summed E-state index contributed by atoms with van der Waals surface area (Å²) in [6.07, 6.45) is 3.76. The number of pyridine rings is 1. The third kappa shape index (κ3) is 3.62. The van der Waals surface area contributed by atoms with Gasteiger partial charge in [-0.2, -0.15) is 0 Å². The molecule has 2 aromatic rings. The van der Waals surface area contributed by atoms with Gasteiger partial charge in [0.15, 0.2) is 5.78 Å². The van der Waals surface area contributed by atoms with E-state index < -0.39 is 0 Å². The summed E-state index contributed by atoms with van der Waals surface area (Å²) in [6, 6.07) is 13.4. The van der Waals surface area contributed by atoms with Gasteiger partial charge in [0.1, 0.15) is 0 Å². The number of nitrogens with zero attached hydrogens (tertiary/aromatic N) is 1. The minimum Gasteiger partial charge on any atom is -0.293 e. The highest BCUT2D eigenvalue weighted by atomic mass is 32.2. The largest absolute Gasteiger partial charge is 0.293 e. The van der Waals surface area contributed by atoms with Crippen molar-refractivity contribution in [3.8, 4) is 0 Å². The third-order valence-electron chi connectivity index (χ3n) is 2.40. The van der Waals surface area contributed by atoms with Crippen LogP contribution in [0.25, 0.3) is 0 Å². The lowest BCUT2D eigenvalue weighted by molar-refractivity contribution is 0.102. The molecular formula is C14H13NOS2. The Balaban J connectivity index is 1.95. The Hall–Kier alpha value is -1.26. The summed E-state index contributed by atoms with van der Waals surface area (Å²) in [5.41, 5.74) is 0.760. The molecular weight excluding hydrogens is 262 g/mol. The molecule has 18 heavy (non-hydrogen) atoms. The van der Waals surface area contributed by atoms with Crippen molar-refractivity contribution in [3.05, 3.63) is 54.2 Å². The van der Waals surface area contributed by atoms with Crippen LogP contribution < -0.4 is 0 Å². The molecule has 0 aliphatic rings. The number of ketones is 1. The molecule has 0 saturated carbocycles. The predicted octanol–water partition coefficient (Wildman–Crippen LogP) is 3.78. The predicted molar refractivity (Wildman–Crippen MR) is 77.5 cm³/mol. The van der Waals surface area contributed by atoms with Crippen molar-refractivity contribution in [1.82, 2.24) is 4.98 Å². The molecule has 0 fully saturated rings. The average molecular weight is 275 g/mol. The van der Waals surface area contributed by atoms with Gasteiger partial charge in [-0.05, 0) is 30.5 Å². The van der Waals surface area contributed by atoms with Crippen LogP contribution in [-0.2, 0) is 0 Å². The maximum absolute atomic E-state index is 12.0. The van der Waals surface area contributed by atoms with Crippen LogP contribution in [0.5, 0.6) is 0 Å². The summed E-state index contributed by atoms with van der Waals surface area (Å²) >= 11 is 3.14. The van der Waals surface area contributed by atoms with Crippen LogP contribution in [0, 0.1) is 0 Å². The number of carbonyl (C=O) groups is 1. The van der Waals surface area contributed by atoms with Crippen LogP contribution >= 0.6 is 23.5 Å². The average Bonchev–Trinajstić information content (AvgIpc) is 2.46. The molecule has 0 bridgehead atoms. The van der Waals surface area contributed by atoms with E-state index >= 15 is 0 Å². The topological polar surface area (TPSA) is 30.0 Å². The molecule has 0 radical (unpaired) electrons. The van der Waals surface area contributed by atoms with Crippen LogP contribution in [0.4, 0.5) is 0 Å². The summed E-state index contributed by atoms with van der Waals surface area (Å²) in [5, 5.41) is 0.881. The molecule has 0 saturated heterocycles. The van der Waals surface area contributed by atoms with Crippen molar-refractivity contribution < 1.29 is 4.79 Å². The zero-order valence-corrected chi connectivity index (χ0v) is 11.6. The van der Waals surface area contributed by atoms with E-state index in [0.717, 1.165) is 10.6 Å². The number of Topliss-reactive ketones (excluding diaryl/α,β-unsaturated/α-hetero) is 1. The number of benzene rings is 1. The van der Waals surface area contributed by atoms with Gasteiger partial charge in [-0.3, -0.25) is 4.79 Å². The zero-order chi connectivity index (χ0) is 12.8. The number of hydrogen-bond acceptors (Lipinski definition) is 4. The fourth-order valence-electron chi connectivity index (χ4n) is 1.43. The second-order valence-electron chi connectivity index (χ2n) is 3.61. The fraction of sp³-hybridized carbons (Fsp3) is 0.143. The monoisotopic (exact) mass is 275 g/mol. The molecule has 0 atom stereocenters. The quantitative estimate of drug-likeness (QED) is 0.613. The lowest BCUT2D eigenvalue weighted by Crippen LogP contribution is -2.02. The van der Waals surface area contributed by atoms with Gasteiger partial charge in [-0.15, -0.1) is 11.8 Å². The molecule has 0 aliphatic carbocycles. The highest BCUT2D eigenvalue weighted by Crippen LogP contribution is 2.18. The molecule has 0 aliphatic heterocycles. The van der Waals surface area contributed by atoms with E-state index in [1.165, 1.54) is 16.7 Å². The van der Waals surface area contributed by atoms with Crippen molar-refractivity contribution in [2.75, 3.05) is 12.0 Å². The molecule has 1 aromatic heterocycles. The summed E-state index contributed by atoms with van der Waals surface area (Å²) in [6.45, 7) is 0. The molecule has 2 rings (SSSR count). The summed E-state index contributed by atoms with van der Waals surface area (Å²) < 4.78 is 0. The molecule has 2 nitrogen and oxygen atoms in total. The molecule has 1 aromatic carbocycles. The van der Waals surface area contributed by atoms with Crippen LogP contribution in [0.15, 0.2) is 58.6 Å². The standard InChI is InChI=1S/C14H13NOS2/c1-17-12-7-5-11(6-8-12)13(16)10-18-14-4-2-3-9-15-14/h2-9H,10H2,1H3. The Morgan fingerprint density at radius 2 is 1.94 bits per heavy atom. The molecule has 0 unspecified atom stereocenters. The maximum atomic E-state index is 12.0. The van der Waals surface area contributed by atoms with Gasteiger partial charge in [0, 0.05) is 16.7 Å². The first-order valence-corrected chi connectivity index (χ1v) is 7.72. The van der Waals surface area contributed by atoms with Gasteiger partial charge in [0.2, 0.25) is 0 Å². The van der Waals surface area contributed by atoms with E-state index in [2.05, 4.69) is 4.98 Å². The highest BCUT2D eigenvalue weighted by molar-refractivity contribution is 8.00. The number of aromatic nitrogens is 1. The summed E-state index contributed by atoms with van der Waals surface area (Å²) in [7, 11) is 0. The van der Waals surface area contributed by atoms with Crippen LogP contribution in [0.1, 0.15) is 10.4 Å². The summed E-state index contributed by atoms with van der Waals surface area (Å²) in [5.74, 6) is 0.564. The molecule has 0 spiro atoms. The Labute approximate surface area is 115 Å². The number of carbonyl (C=O) groups excluding carboxylic acids is 1. The van der Waals surface area contributed by atoms with E-state index in [-0.39, 0.29) is 5.78 Å². The Bertz CT molecular complexity index is 511. The lowest BCUT2D eigenvalue weighted by Gasteiger charge is -2.02. The smallest absolute Gasteiger partial charge is 0.173 e. The first kappa shape index (κ1) is 13.2. The fourth-order valence-corrected chi connectivity index (χ4v) is 2.60. The van der Waals surface area contributed by atoms with Gasteiger partial charge in [-0.1, -0.05) is 30.0 Å². The van der Waals surface area contributed by atoms with Crippen molar-refractivity contribution >= 4 is 29.3 Å². The second-order valence-corrected chi connectivity index (χ2v) is 5.48. The molecule has 0 amide bonds. The minimum absolute atomic E-state index is 0.137. The third-order valence-corrected chi connectivity index (χ3v) is 4.09.